The maximum absolute atomic E-state index is 13.2. The van der Waals surface area contributed by atoms with Gasteiger partial charge in [0, 0.05) is 27.9 Å². The summed E-state index contributed by atoms with van der Waals surface area (Å²) in [6.45, 7) is -0.512. The third-order valence-corrected chi connectivity index (χ3v) is 5.44. The summed E-state index contributed by atoms with van der Waals surface area (Å²) in [5.74, 6) is -3.15. The van der Waals surface area contributed by atoms with Gasteiger partial charge in [0.2, 0.25) is 5.91 Å². The Morgan fingerprint density at radius 2 is 1.92 bits per heavy atom. The van der Waals surface area contributed by atoms with E-state index in [0.29, 0.717) is 5.69 Å². The molecule has 0 radical (unpaired) electrons. The number of rotatable bonds is 8. The molecular formula is C22H22Cl2FN5O6. The number of halogens is 3. The number of benzene rings is 2. The SMILES string of the molecule is O=C(O)C[C@H](NC(=O)CNC(=O)c1cc(O)cc(NC2=NCC(F)CN2)c1)c1cc(Cl)cc(Cl)c1O. The van der Waals surface area contributed by atoms with Gasteiger partial charge in [-0.05, 0) is 24.3 Å². The minimum absolute atomic E-state index is 0.00316. The maximum Gasteiger partial charge on any atom is 0.305 e. The molecule has 0 saturated carbocycles. The van der Waals surface area contributed by atoms with Gasteiger partial charge in [-0.1, -0.05) is 23.2 Å². The van der Waals surface area contributed by atoms with Gasteiger partial charge in [0.05, 0.1) is 37.1 Å². The lowest BCUT2D eigenvalue weighted by molar-refractivity contribution is -0.137. The molecule has 7 N–H and O–H groups in total. The molecule has 0 aliphatic carbocycles. The fourth-order valence-corrected chi connectivity index (χ4v) is 3.84. The van der Waals surface area contributed by atoms with Crippen LogP contribution in [-0.4, -0.2) is 64.9 Å². The van der Waals surface area contributed by atoms with Crippen molar-refractivity contribution in [2.24, 2.45) is 4.99 Å². The van der Waals surface area contributed by atoms with Crippen molar-refractivity contribution in [1.29, 1.82) is 0 Å². The average Bonchev–Trinajstić information content (AvgIpc) is 2.80. The molecule has 0 aromatic heterocycles. The molecule has 36 heavy (non-hydrogen) atoms. The number of carbonyl (C=O) groups excluding carboxylic acids is 2. The van der Waals surface area contributed by atoms with Gasteiger partial charge in [0.15, 0.2) is 5.96 Å². The molecule has 2 amide bonds. The summed E-state index contributed by atoms with van der Waals surface area (Å²) in [5.41, 5.74) is 0.297. The van der Waals surface area contributed by atoms with Crippen molar-refractivity contribution >= 4 is 52.6 Å². The predicted octanol–water partition coefficient (Wildman–Crippen LogP) is 2.18. The number of phenols is 2. The van der Waals surface area contributed by atoms with E-state index in [0.717, 1.165) is 0 Å². The highest BCUT2D eigenvalue weighted by atomic mass is 35.5. The Balaban J connectivity index is 1.66. The van der Waals surface area contributed by atoms with Crippen molar-refractivity contribution in [3.63, 3.8) is 0 Å². The standard InChI is InChI=1S/C22H22Cl2FN5O6/c23-11-3-15(20(35)16(24)4-11)17(6-19(33)34)30-18(32)9-26-21(36)10-1-13(5-14(31)2-10)29-22-27-7-12(25)8-28-22/h1-5,12,17,31,35H,6-9H2,(H,26,36)(H,30,32)(H,33,34)(H2,27,28,29)/t17-/m0/s1. The minimum atomic E-state index is -1.27. The van der Waals surface area contributed by atoms with E-state index < -0.39 is 48.7 Å². The Hall–Kier alpha value is -3.77. The van der Waals surface area contributed by atoms with Gasteiger partial charge in [-0.3, -0.25) is 14.4 Å². The first-order chi connectivity index (χ1) is 17.0. The highest BCUT2D eigenvalue weighted by Crippen LogP contribution is 2.36. The topological polar surface area (TPSA) is 172 Å². The molecule has 1 unspecified atom stereocenters. The molecule has 2 aromatic carbocycles. The molecule has 3 rings (SSSR count). The van der Waals surface area contributed by atoms with E-state index in [1.807, 2.05) is 0 Å². The lowest BCUT2D eigenvalue weighted by atomic mass is 10.0. The molecule has 1 aliphatic heterocycles. The zero-order chi connectivity index (χ0) is 26.4. The van der Waals surface area contributed by atoms with Gasteiger partial charge >= 0.3 is 5.97 Å². The Bertz CT molecular complexity index is 1210. The number of alkyl halides is 1. The third-order valence-electron chi connectivity index (χ3n) is 4.94. The van der Waals surface area contributed by atoms with Crippen LogP contribution in [0.1, 0.15) is 28.4 Å². The monoisotopic (exact) mass is 541 g/mol. The van der Waals surface area contributed by atoms with Gasteiger partial charge < -0.3 is 36.6 Å². The quantitative estimate of drug-likeness (QED) is 0.266. The van der Waals surface area contributed by atoms with Crippen molar-refractivity contribution in [1.82, 2.24) is 16.0 Å². The second-order valence-electron chi connectivity index (χ2n) is 7.79. The summed E-state index contributed by atoms with van der Waals surface area (Å²) in [6, 6.07) is 5.23. The van der Waals surface area contributed by atoms with Crippen LogP contribution >= 0.6 is 23.2 Å². The Labute approximate surface area is 214 Å². The third kappa shape index (κ3) is 7.36. The van der Waals surface area contributed by atoms with E-state index in [1.54, 1.807) is 0 Å². The van der Waals surface area contributed by atoms with Crippen LogP contribution in [0.25, 0.3) is 0 Å². The number of hydrogen-bond donors (Lipinski definition) is 7. The van der Waals surface area contributed by atoms with Crippen LogP contribution in [0.2, 0.25) is 10.0 Å². The lowest BCUT2D eigenvalue weighted by Crippen LogP contribution is -2.41. The highest BCUT2D eigenvalue weighted by molar-refractivity contribution is 6.35. The van der Waals surface area contributed by atoms with E-state index in [1.165, 1.54) is 30.3 Å². The number of carboxylic acid groups (broad SMARTS) is 1. The largest absolute Gasteiger partial charge is 0.508 e. The van der Waals surface area contributed by atoms with Crippen LogP contribution in [0.3, 0.4) is 0 Å². The van der Waals surface area contributed by atoms with E-state index in [-0.39, 0.29) is 46.0 Å². The first-order valence-corrected chi connectivity index (χ1v) is 11.3. The van der Waals surface area contributed by atoms with Gasteiger partial charge in [0.1, 0.15) is 17.7 Å². The Kier molecular flexibility index (Phi) is 8.78. The molecule has 2 atom stereocenters. The molecule has 192 valence electrons. The number of phenolic OH excluding ortho intramolecular Hbond substituents is 2. The molecule has 11 nitrogen and oxygen atoms in total. The zero-order valence-corrected chi connectivity index (χ0v) is 20.0. The summed E-state index contributed by atoms with van der Waals surface area (Å²) in [6.07, 6.45) is -1.70. The number of nitrogens with zero attached hydrogens (tertiary/aromatic N) is 1. The fourth-order valence-electron chi connectivity index (χ4n) is 3.33. The number of aliphatic imine (C=N–C) groups is 1. The number of aliphatic carboxylic acids is 1. The summed E-state index contributed by atoms with van der Waals surface area (Å²) in [4.78, 5) is 40.3. The molecule has 1 heterocycles. The number of guanidine groups is 1. The van der Waals surface area contributed by atoms with E-state index in [9.17, 15) is 34.1 Å². The number of aromatic hydroxyl groups is 2. The summed E-state index contributed by atoms with van der Waals surface area (Å²) in [7, 11) is 0. The summed E-state index contributed by atoms with van der Waals surface area (Å²) < 4.78 is 13.2. The molecule has 0 spiro atoms. The number of amides is 2. The smallest absolute Gasteiger partial charge is 0.305 e. The van der Waals surface area contributed by atoms with E-state index in [2.05, 4.69) is 26.3 Å². The number of hydrogen-bond acceptors (Lipinski definition) is 8. The van der Waals surface area contributed by atoms with Crippen molar-refractivity contribution in [3.05, 3.63) is 51.5 Å². The van der Waals surface area contributed by atoms with Crippen LogP contribution in [0.5, 0.6) is 11.5 Å². The second-order valence-corrected chi connectivity index (χ2v) is 8.63. The second kappa shape index (κ2) is 11.8. The van der Waals surface area contributed by atoms with Crippen molar-refractivity contribution in [3.8, 4) is 11.5 Å². The molecule has 2 aromatic rings. The van der Waals surface area contributed by atoms with Gasteiger partial charge in [-0.25, -0.2) is 9.38 Å². The minimum Gasteiger partial charge on any atom is -0.508 e. The summed E-state index contributed by atoms with van der Waals surface area (Å²) in [5, 5.41) is 39.7. The molecule has 14 heteroatoms. The highest BCUT2D eigenvalue weighted by Gasteiger charge is 2.23. The predicted molar refractivity (Wildman–Crippen MR) is 131 cm³/mol. The zero-order valence-electron chi connectivity index (χ0n) is 18.5. The van der Waals surface area contributed by atoms with Gasteiger partial charge in [-0.15, -0.1) is 0 Å². The van der Waals surface area contributed by atoms with Gasteiger partial charge in [-0.2, -0.15) is 0 Å². The molecular weight excluding hydrogens is 520 g/mol. The first kappa shape index (κ1) is 26.8. The number of anilines is 1. The van der Waals surface area contributed by atoms with Crippen molar-refractivity contribution < 1.29 is 34.1 Å². The number of carboxylic acids is 1. The van der Waals surface area contributed by atoms with Crippen LogP contribution in [0.15, 0.2) is 35.3 Å². The molecule has 0 fully saturated rings. The normalized spacial score (nSPS) is 15.8. The Morgan fingerprint density at radius 3 is 2.58 bits per heavy atom. The fraction of sp³-hybridized carbons (Fsp3) is 0.273. The van der Waals surface area contributed by atoms with Gasteiger partial charge in [0.25, 0.3) is 5.91 Å². The number of nitrogens with one attached hydrogen (secondary N) is 4. The molecule has 0 bridgehead atoms. The lowest BCUT2D eigenvalue weighted by Gasteiger charge is -2.20. The average molecular weight is 542 g/mol. The van der Waals surface area contributed by atoms with Crippen molar-refractivity contribution in [2.75, 3.05) is 25.0 Å². The van der Waals surface area contributed by atoms with Crippen LogP contribution in [0, 0.1) is 0 Å². The van der Waals surface area contributed by atoms with E-state index >= 15 is 0 Å². The molecule has 1 aliphatic rings. The number of carbonyl (C=O) groups is 3. The van der Waals surface area contributed by atoms with Crippen molar-refractivity contribution in [2.45, 2.75) is 18.6 Å². The van der Waals surface area contributed by atoms with E-state index in [4.69, 9.17) is 23.2 Å². The maximum atomic E-state index is 13.2. The van der Waals surface area contributed by atoms with Crippen LogP contribution < -0.4 is 21.3 Å². The molecule has 0 saturated heterocycles. The van der Waals surface area contributed by atoms with Crippen LogP contribution in [0.4, 0.5) is 10.1 Å². The van der Waals surface area contributed by atoms with Crippen LogP contribution in [-0.2, 0) is 9.59 Å². The first-order valence-electron chi connectivity index (χ1n) is 10.5. The summed E-state index contributed by atoms with van der Waals surface area (Å²) >= 11 is 11.8. The Morgan fingerprint density at radius 1 is 1.17 bits per heavy atom.